The van der Waals surface area contributed by atoms with Gasteiger partial charge in [0.1, 0.15) is 17.2 Å². The molecule has 168 valence electrons. The molecule has 0 saturated carbocycles. The maximum Gasteiger partial charge on any atom is 0.409 e. The molecule has 0 radical (unpaired) electrons. The Bertz CT molecular complexity index is 1370. The summed E-state index contributed by atoms with van der Waals surface area (Å²) in [5, 5.41) is 10.8. The Balaban J connectivity index is 1.38. The molecule has 10 nitrogen and oxygen atoms in total. The van der Waals surface area contributed by atoms with Crippen molar-refractivity contribution in [3.63, 3.8) is 0 Å². The summed E-state index contributed by atoms with van der Waals surface area (Å²) in [6, 6.07) is 8.25. The molecule has 0 spiro atoms. The van der Waals surface area contributed by atoms with Crippen molar-refractivity contribution in [2.75, 3.05) is 25.5 Å². The molecular formula is C22H19FN6O4. The number of imidazole rings is 1. The smallest absolute Gasteiger partial charge is 0.409 e. The predicted octanol–water partition coefficient (Wildman–Crippen LogP) is 3.25. The number of nitrogens with zero attached hydrogens (tertiary/aromatic N) is 5. The lowest BCUT2D eigenvalue weighted by atomic mass is 10.0. The number of anilines is 1. The van der Waals surface area contributed by atoms with E-state index in [1.807, 2.05) is 6.07 Å². The van der Waals surface area contributed by atoms with E-state index in [2.05, 4.69) is 25.2 Å². The van der Waals surface area contributed by atoms with Gasteiger partial charge in [0.2, 0.25) is 11.8 Å². The SMILES string of the molecule is COC(=O)N1CC(c2nnc(-c3cc(F)c(C)c(NC(=O)c4cnc5ccccn45)c3)o2)C1. The summed E-state index contributed by atoms with van der Waals surface area (Å²) in [6.45, 7) is 2.37. The van der Waals surface area contributed by atoms with Crippen LogP contribution in [0, 0.1) is 12.7 Å². The molecular weight excluding hydrogens is 431 g/mol. The molecule has 2 amide bonds. The molecule has 0 aliphatic carbocycles. The third-order valence-corrected chi connectivity index (χ3v) is 5.59. The van der Waals surface area contributed by atoms with E-state index in [9.17, 15) is 14.0 Å². The fourth-order valence-corrected chi connectivity index (χ4v) is 3.65. The lowest BCUT2D eigenvalue weighted by Crippen LogP contribution is -2.48. The van der Waals surface area contributed by atoms with Crippen molar-refractivity contribution < 1.29 is 23.1 Å². The van der Waals surface area contributed by atoms with Crippen molar-refractivity contribution in [2.45, 2.75) is 12.8 Å². The maximum absolute atomic E-state index is 14.7. The van der Waals surface area contributed by atoms with Crippen LogP contribution in [0.1, 0.15) is 27.9 Å². The highest BCUT2D eigenvalue weighted by atomic mass is 19.1. The number of hydrogen-bond acceptors (Lipinski definition) is 7. The number of rotatable bonds is 4. The fourth-order valence-electron chi connectivity index (χ4n) is 3.65. The average Bonchev–Trinajstić information content (AvgIpc) is 3.43. The van der Waals surface area contributed by atoms with Gasteiger partial charge in [0, 0.05) is 36.1 Å². The summed E-state index contributed by atoms with van der Waals surface area (Å²) in [5.74, 6) is -0.610. The number of pyridine rings is 1. The average molecular weight is 450 g/mol. The normalized spacial score (nSPS) is 13.7. The number of carbonyl (C=O) groups excluding carboxylic acids is 2. The topological polar surface area (TPSA) is 115 Å². The van der Waals surface area contributed by atoms with Gasteiger partial charge in [-0.3, -0.25) is 9.20 Å². The van der Waals surface area contributed by atoms with Crippen molar-refractivity contribution >= 4 is 23.3 Å². The van der Waals surface area contributed by atoms with E-state index in [-0.39, 0.29) is 23.1 Å². The molecule has 0 atom stereocenters. The van der Waals surface area contributed by atoms with Crippen LogP contribution in [0.2, 0.25) is 0 Å². The fraction of sp³-hybridized carbons (Fsp3) is 0.227. The van der Waals surface area contributed by atoms with Gasteiger partial charge < -0.3 is 19.4 Å². The maximum atomic E-state index is 14.7. The summed E-state index contributed by atoms with van der Waals surface area (Å²) in [4.78, 5) is 30.1. The van der Waals surface area contributed by atoms with Crippen LogP contribution in [-0.4, -0.2) is 56.7 Å². The molecule has 4 heterocycles. The van der Waals surface area contributed by atoms with E-state index in [1.165, 1.54) is 24.3 Å². The molecule has 1 aromatic carbocycles. The molecule has 0 bridgehead atoms. The van der Waals surface area contributed by atoms with Crippen LogP contribution in [0.25, 0.3) is 17.1 Å². The highest BCUT2D eigenvalue weighted by Crippen LogP contribution is 2.31. The zero-order chi connectivity index (χ0) is 23.1. The van der Waals surface area contributed by atoms with Gasteiger partial charge in [-0.25, -0.2) is 14.2 Å². The minimum Gasteiger partial charge on any atom is -0.453 e. The van der Waals surface area contributed by atoms with Crippen LogP contribution in [0.3, 0.4) is 0 Å². The molecule has 4 aromatic rings. The molecule has 1 aliphatic rings. The highest BCUT2D eigenvalue weighted by Gasteiger charge is 2.36. The molecule has 5 rings (SSSR count). The Hall–Kier alpha value is -4.28. The van der Waals surface area contributed by atoms with E-state index in [4.69, 9.17) is 4.42 Å². The first kappa shape index (κ1) is 20.6. The lowest BCUT2D eigenvalue weighted by Gasteiger charge is -2.35. The minimum atomic E-state index is -0.527. The van der Waals surface area contributed by atoms with Crippen LogP contribution in [0.5, 0.6) is 0 Å². The van der Waals surface area contributed by atoms with Gasteiger partial charge in [0.15, 0.2) is 0 Å². The first-order chi connectivity index (χ1) is 15.9. The minimum absolute atomic E-state index is 0.116. The van der Waals surface area contributed by atoms with Gasteiger partial charge in [-0.2, -0.15) is 0 Å². The molecule has 1 saturated heterocycles. The highest BCUT2D eigenvalue weighted by molar-refractivity contribution is 6.04. The Morgan fingerprint density at radius 2 is 2.06 bits per heavy atom. The molecule has 1 fully saturated rings. The Kier molecular flexibility index (Phi) is 5.00. The number of benzene rings is 1. The number of hydrogen-bond donors (Lipinski definition) is 1. The number of carbonyl (C=O) groups is 2. The number of methoxy groups -OCH3 is 1. The zero-order valence-corrected chi connectivity index (χ0v) is 17.8. The van der Waals surface area contributed by atoms with Gasteiger partial charge in [0.25, 0.3) is 5.91 Å². The van der Waals surface area contributed by atoms with E-state index in [0.29, 0.717) is 35.9 Å². The Morgan fingerprint density at radius 1 is 1.24 bits per heavy atom. The van der Waals surface area contributed by atoms with Crippen molar-refractivity contribution in [1.82, 2.24) is 24.5 Å². The number of nitrogens with one attached hydrogen (secondary N) is 1. The van der Waals surface area contributed by atoms with E-state index >= 15 is 0 Å². The quantitative estimate of drug-likeness (QED) is 0.507. The number of aromatic nitrogens is 4. The monoisotopic (exact) mass is 450 g/mol. The molecule has 0 unspecified atom stereocenters. The van der Waals surface area contributed by atoms with Crippen LogP contribution < -0.4 is 5.32 Å². The first-order valence-electron chi connectivity index (χ1n) is 10.1. The lowest BCUT2D eigenvalue weighted by molar-refractivity contribution is 0.0822. The standard InChI is InChI=1S/C22H19FN6O4/c1-12-15(23)7-13(20-26-27-21(33-20)14-10-28(11-14)22(31)32-2)8-16(12)25-19(30)17-9-24-18-5-3-4-6-29(17)18/h3-9,14H,10-11H2,1-2H3,(H,25,30). The summed E-state index contributed by atoms with van der Waals surface area (Å²) >= 11 is 0. The summed E-state index contributed by atoms with van der Waals surface area (Å²) in [7, 11) is 1.32. The Morgan fingerprint density at radius 3 is 2.85 bits per heavy atom. The van der Waals surface area contributed by atoms with Crippen LogP contribution in [0.15, 0.2) is 47.1 Å². The number of fused-ring (bicyclic) bond motifs is 1. The summed E-state index contributed by atoms with van der Waals surface area (Å²) in [6.07, 6.45) is 2.77. The molecule has 11 heteroatoms. The third-order valence-electron chi connectivity index (χ3n) is 5.59. The van der Waals surface area contributed by atoms with Crippen molar-refractivity contribution in [2.24, 2.45) is 0 Å². The van der Waals surface area contributed by atoms with Gasteiger partial charge >= 0.3 is 6.09 Å². The van der Waals surface area contributed by atoms with Crippen molar-refractivity contribution in [1.29, 1.82) is 0 Å². The molecule has 3 aromatic heterocycles. The van der Waals surface area contributed by atoms with Gasteiger partial charge in [0.05, 0.1) is 19.2 Å². The van der Waals surface area contributed by atoms with Crippen LogP contribution in [-0.2, 0) is 4.74 Å². The van der Waals surface area contributed by atoms with Crippen LogP contribution >= 0.6 is 0 Å². The second kappa shape index (κ2) is 8.01. The number of likely N-dealkylation sites (tertiary alicyclic amines) is 1. The van der Waals surface area contributed by atoms with Gasteiger partial charge in [-0.05, 0) is 31.2 Å². The molecule has 1 aliphatic heterocycles. The zero-order valence-electron chi connectivity index (χ0n) is 17.8. The first-order valence-corrected chi connectivity index (χ1v) is 10.1. The largest absolute Gasteiger partial charge is 0.453 e. The second-order valence-corrected chi connectivity index (χ2v) is 7.67. The number of ether oxygens (including phenoxy) is 1. The number of halogens is 1. The van der Waals surface area contributed by atoms with Crippen LogP contribution in [0.4, 0.5) is 14.9 Å². The van der Waals surface area contributed by atoms with E-state index in [1.54, 1.807) is 35.7 Å². The van der Waals surface area contributed by atoms with Gasteiger partial charge in [-0.1, -0.05) is 6.07 Å². The number of amides is 2. The summed E-state index contributed by atoms with van der Waals surface area (Å²) in [5.41, 5.74) is 1.82. The molecule has 33 heavy (non-hydrogen) atoms. The van der Waals surface area contributed by atoms with Crippen molar-refractivity contribution in [3.8, 4) is 11.5 Å². The predicted molar refractivity (Wildman–Crippen MR) is 114 cm³/mol. The Labute approximate surface area is 187 Å². The molecule has 1 N–H and O–H groups in total. The third kappa shape index (κ3) is 3.67. The second-order valence-electron chi connectivity index (χ2n) is 7.67. The van der Waals surface area contributed by atoms with Gasteiger partial charge in [-0.15, -0.1) is 10.2 Å². The summed E-state index contributed by atoms with van der Waals surface area (Å²) < 4.78 is 26.7. The van der Waals surface area contributed by atoms with E-state index in [0.717, 1.165) is 0 Å². The van der Waals surface area contributed by atoms with E-state index < -0.39 is 17.8 Å². The van der Waals surface area contributed by atoms with Crippen molar-refractivity contribution in [3.05, 3.63) is 65.7 Å².